The summed E-state index contributed by atoms with van der Waals surface area (Å²) in [6.07, 6.45) is 4.36. The maximum Gasteiger partial charge on any atom is 0.0113 e. The van der Waals surface area contributed by atoms with Crippen molar-refractivity contribution in [3.63, 3.8) is 0 Å². The molecule has 0 unspecified atom stereocenters. The van der Waals surface area contributed by atoms with Crippen LogP contribution in [0.5, 0.6) is 0 Å². The van der Waals surface area contributed by atoms with Gasteiger partial charge in [-0.25, -0.2) is 0 Å². The third-order valence-corrected chi connectivity index (χ3v) is 4.04. The fraction of sp³-hybridized carbons (Fsp3) is 1.00. The van der Waals surface area contributed by atoms with Crippen LogP contribution in [-0.4, -0.2) is 48.6 Å². The summed E-state index contributed by atoms with van der Waals surface area (Å²) in [5.41, 5.74) is 0. The van der Waals surface area contributed by atoms with Crippen molar-refractivity contribution in [2.75, 3.05) is 32.7 Å². The van der Waals surface area contributed by atoms with Crippen molar-refractivity contribution >= 4 is 0 Å². The number of rotatable bonds is 2. The molecule has 0 radical (unpaired) electrons. The maximum atomic E-state index is 2.73. The summed E-state index contributed by atoms with van der Waals surface area (Å²) in [7, 11) is 0. The average Bonchev–Trinajstić information content (AvgIpc) is 2.65. The summed E-state index contributed by atoms with van der Waals surface area (Å²) in [6, 6.07) is 0.920. The van der Waals surface area contributed by atoms with Gasteiger partial charge in [0.1, 0.15) is 0 Å². The quantitative estimate of drug-likeness (QED) is 0.664. The highest BCUT2D eigenvalue weighted by molar-refractivity contribution is 4.84. The molecule has 1 aliphatic carbocycles. The van der Waals surface area contributed by atoms with Crippen LogP contribution in [0.25, 0.3) is 0 Å². The molecule has 2 nitrogen and oxygen atoms in total. The Balaban J connectivity index is 1.78. The minimum Gasteiger partial charge on any atom is -0.301 e. The Morgan fingerprint density at radius 3 is 2.29 bits per heavy atom. The number of likely N-dealkylation sites (N-methyl/N-ethyl adjacent to an activating group) is 1. The van der Waals surface area contributed by atoms with Crippen LogP contribution in [0.2, 0.25) is 0 Å². The Labute approximate surface area is 88.3 Å². The lowest BCUT2D eigenvalue weighted by Gasteiger charge is -2.37. The van der Waals surface area contributed by atoms with E-state index in [0.717, 1.165) is 12.0 Å². The molecule has 0 aromatic rings. The van der Waals surface area contributed by atoms with Gasteiger partial charge < -0.3 is 4.90 Å². The molecule has 2 rings (SSSR count). The number of hydrogen-bond acceptors (Lipinski definition) is 2. The number of hydrogen-bond donors (Lipinski definition) is 0. The predicted molar refractivity (Wildman–Crippen MR) is 60.5 cm³/mol. The molecule has 0 spiro atoms. The Bertz CT molecular complexity index is 173. The molecule has 0 bridgehead atoms. The van der Waals surface area contributed by atoms with E-state index in [-0.39, 0.29) is 0 Å². The van der Waals surface area contributed by atoms with Crippen LogP contribution >= 0.6 is 0 Å². The summed E-state index contributed by atoms with van der Waals surface area (Å²) in [5, 5.41) is 0. The van der Waals surface area contributed by atoms with Crippen LogP contribution < -0.4 is 0 Å². The normalized spacial score (nSPS) is 36.4. The first-order chi connectivity index (χ1) is 6.79. The minimum absolute atomic E-state index is 0.920. The summed E-state index contributed by atoms with van der Waals surface area (Å²) in [6.45, 7) is 11.1. The van der Waals surface area contributed by atoms with Crippen molar-refractivity contribution in [1.29, 1.82) is 0 Å². The van der Waals surface area contributed by atoms with Crippen LogP contribution in [0.15, 0.2) is 0 Å². The van der Waals surface area contributed by atoms with Gasteiger partial charge in [0.2, 0.25) is 0 Å². The molecule has 1 saturated carbocycles. The smallest absolute Gasteiger partial charge is 0.0113 e. The van der Waals surface area contributed by atoms with Gasteiger partial charge in [0.05, 0.1) is 0 Å². The highest BCUT2D eigenvalue weighted by Gasteiger charge is 2.28. The lowest BCUT2D eigenvalue weighted by Crippen LogP contribution is -2.49. The molecule has 1 aliphatic heterocycles. The SMILES string of the molecule is CCN1CCN([C@H]2CC[C@@H](C)C2)CC1. The van der Waals surface area contributed by atoms with Gasteiger partial charge in [0.25, 0.3) is 0 Å². The summed E-state index contributed by atoms with van der Waals surface area (Å²) in [5.74, 6) is 0.976. The van der Waals surface area contributed by atoms with Crippen molar-refractivity contribution < 1.29 is 0 Å². The van der Waals surface area contributed by atoms with Crippen LogP contribution in [0.1, 0.15) is 33.1 Å². The Morgan fingerprint density at radius 1 is 1.07 bits per heavy atom. The molecule has 2 aliphatic rings. The lowest BCUT2D eigenvalue weighted by atomic mass is 10.1. The summed E-state index contributed by atoms with van der Waals surface area (Å²) >= 11 is 0. The number of nitrogens with zero attached hydrogens (tertiary/aromatic N) is 2. The van der Waals surface area contributed by atoms with Gasteiger partial charge in [-0.2, -0.15) is 0 Å². The van der Waals surface area contributed by atoms with E-state index in [1.807, 2.05) is 0 Å². The van der Waals surface area contributed by atoms with Gasteiger partial charge in [0, 0.05) is 32.2 Å². The second-order valence-corrected chi connectivity index (χ2v) is 5.04. The molecular weight excluding hydrogens is 172 g/mol. The van der Waals surface area contributed by atoms with Crippen molar-refractivity contribution in [2.24, 2.45) is 5.92 Å². The first-order valence-corrected chi connectivity index (χ1v) is 6.26. The molecule has 0 N–H and O–H groups in total. The van der Waals surface area contributed by atoms with Crippen molar-refractivity contribution in [3.05, 3.63) is 0 Å². The van der Waals surface area contributed by atoms with E-state index in [4.69, 9.17) is 0 Å². The fourth-order valence-electron chi connectivity index (χ4n) is 2.95. The van der Waals surface area contributed by atoms with E-state index in [0.29, 0.717) is 0 Å². The maximum absolute atomic E-state index is 2.73. The van der Waals surface area contributed by atoms with E-state index in [9.17, 15) is 0 Å². The Morgan fingerprint density at radius 2 is 1.79 bits per heavy atom. The van der Waals surface area contributed by atoms with Gasteiger partial charge in [-0.1, -0.05) is 13.8 Å². The van der Waals surface area contributed by atoms with Crippen molar-refractivity contribution in [2.45, 2.75) is 39.2 Å². The zero-order chi connectivity index (χ0) is 9.97. The van der Waals surface area contributed by atoms with Gasteiger partial charge in [-0.05, 0) is 31.7 Å². The molecule has 2 heteroatoms. The third-order valence-electron chi connectivity index (χ3n) is 4.04. The molecule has 14 heavy (non-hydrogen) atoms. The summed E-state index contributed by atoms with van der Waals surface area (Å²) < 4.78 is 0. The van der Waals surface area contributed by atoms with Gasteiger partial charge in [-0.3, -0.25) is 4.90 Å². The zero-order valence-electron chi connectivity index (χ0n) is 9.71. The highest BCUT2D eigenvalue weighted by Crippen LogP contribution is 2.29. The first kappa shape index (κ1) is 10.4. The second-order valence-electron chi connectivity index (χ2n) is 5.04. The van der Waals surface area contributed by atoms with Crippen LogP contribution in [-0.2, 0) is 0 Å². The zero-order valence-corrected chi connectivity index (χ0v) is 9.71. The van der Waals surface area contributed by atoms with Crippen LogP contribution in [0, 0.1) is 5.92 Å². The molecular formula is C12H24N2. The highest BCUT2D eigenvalue weighted by atomic mass is 15.3. The van der Waals surface area contributed by atoms with Crippen molar-refractivity contribution in [1.82, 2.24) is 9.80 Å². The number of piperazine rings is 1. The largest absolute Gasteiger partial charge is 0.301 e. The minimum atomic E-state index is 0.920. The molecule has 0 aromatic carbocycles. The Kier molecular flexibility index (Phi) is 3.45. The second kappa shape index (κ2) is 4.63. The van der Waals surface area contributed by atoms with Gasteiger partial charge in [-0.15, -0.1) is 0 Å². The average molecular weight is 196 g/mol. The molecule has 2 atom stereocenters. The third kappa shape index (κ3) is 2.29. The van der Waals surface area contributed by atoms with E-state index >= 15 is 0 Å². The summed E-state index contributed by atoms with van der Waals surface area (Å²) in [4.78, 5) is 5.30. The molecule has 0 aromatic heterocycles. The van der Waals surface area contributed by atoms with E-state index in [2.05, 4.69) is 23.6 Å². The van der Waals surface area contributed by atoms with Crippen molar-refractivity contribution in [3.8, 4) is 0 Å². The van der Waals surface area contributed by atoms with E-state index < -0.39 is 0 Å². The van der Waals surface area contributed by atoms with Crippen LogP contribution in [0.3, 0.4) is 0 Å². The van der Waals surface area contributed by atoms with Crippen LogP contribution in [0.4, 0.5) is 0 Å². The van der Waals surface area contributed by atoms with E-state index in [1.165, 1.54) is 52.0 Å². The molecule has 2 fully saturated rings. The molecule has 82 valence electrons. The fourth-order valence-corrected chi connectivity index (χ4v) is 2.95. The molecule has 0 amide bonds. The van der Waals surface area contributed by atoms with E-state index in [1.54, 1.807) is 0 Å². The topological polar surface area (TPSA) is 6.48 Å². The monoisotopic (exact) mass is 196 g/mol. The molecule has 1 saturated heterocycles. The van der Waals surface area contributed by atoms with Gasteiger partial charge >= 0.3 is 0 Å². The Hall–Kier alpha value is -0.0800. The predicted octanol–water partition coefficient (Wildman–Crippen LogP) is 1.81. The standard InChI is InChI=1S/C12H24N2/c1-3-13-6-8-14(9-7-13)12-5-4-11(2)10-12/h11-12H,3-10H2,1-2H3/t11-,12+/m1/s1. The lowest BCUT2D eigenvalue weighted by molar-refractivity contribution is 0.1000. The first-order valence-electron chi connectivity index (χ1n) is 6.26. The van der Waals surface area contributed by atoms with Gasteiger partial charge in [0.15, 0.2) is 0 Å². The molecule has 1 heterocycles.